The van der Waals surface area contributed by atoms with Crippen LogP contribution in [0.25, 0.3) is 0 Å². The zero-order valence-electron chi connectivity index (χ0n) is 8.55. The predicted molar refractivity (Wildman–Crippen MR) is 55.4 cm³/mol. The minimum Gasteiger partial charge on any atom is -0.290 e. The maximum atomic E-state index is 11.2. The van der Waals surface area contributed by atoms with Crippen molar-refractivity contribution in [1.29, 1.82) is 0 Å². The molecule has 1 atom stereocenters. The van der Waals surface area contributed by atoms with Gasteiger partial charge in [-0.25, -0.2) is 0 Å². The molecule has 1 nitrogen and oxygen atoms in total. The van der Waals surface area contributed by atoms with E-state index >= 15 is 0 Å². The molecular formula is C12H16O. The van der Waals surface area contributed by atoms with Gasteiger partial charge in [0.15, 0.2) is 5.78 Å². The van der Waals surface area contributed by atoms with E-state index in [1.54, 1.807) is 6.08 Å². The molecule has 0 saturated carbocycles. The number of ketones is 1. The van der Waals surface area contributed by atoms with Crippen LogP contribution in [0, 0.1) is 5.41 Å². The van der Waals surface area contributed by atoms with Crippen molar-refractivity contribution in [3.63, 3.8) is 0 Å². The Morgan fingerprint density at radius 3 is 2.69 bits per heavy atom. The van der Waals surface area contributed by atoms with Gasteiger partial charge in [0, 0.05) is 5.41 Å². The van der Waals surface area contributed by atoms with E-state index in [-0.39, 0.29) is 11.2 Å². The van der Waals surface area contributed by atoms with Crippen molar-refractivity contribution in [3.8, 4) is 0 Å². The molecule has 1 aliphatic rings. The van der Waals surface area contributed by atoms with Gasteiger partial charge < -0.3 is 0 Å². The van der Waals surface area contributed by atoms with Crippen molar-refractivity contribution in [3.05, 3.63) is 36.0 Å². The number of carbonyl (C=O) groups excluding carboxylic acids is 1. The van der Waals surface area contributed by atoms with Crippen LogP contribution >= 0.6 is 0 Å². The third-order valence-corrected chi connectivity index (χ3v) is 2.23. The van der Waals surface area contributed by atoms with Crippen LogP contribution in [0.15, 0.2) is 36.0 Å². The van der Waals surface area contributed by atoms with Gasteiger partial charge in [0.2, 0.25) is 0 Å². The molecule has 0 aromatic heterocycles. The molecule has 0 heterocycles. The second-order valence-electron chi connectivity index (χ2n) is 4.16. The number of allylic oxidation sites excluding steroid dienone is 5. The van der Waals surface area contributed by atoms with Crippen LogP contribution in [0.3, 0.4) is 0 Å². The third kappa shape index (κ3) is 2.41. The smallest absolute Gasteiger partial charge is 0.180 e. The highest BCUT2D eigenvalue weighted by molar-refractivity contribution is 6.04. The summed E-state index contributed by atoms with van der Waals surface area (Å²) in [5, 5.41) is 0. The number of carbonyl (C=O) groups is 1. The number of hydrogen-bond acceptors (Lipinski definition) is 1. The lowest BCUT2D eigenvalue weighted by atomic mass is 9.79. The first-order chi connectivity index (χ1) is 5.93. The highest BCUT2D eigenvalue weighted by Crippen LogP contribution is 2.32. The molecule has 0 N–H and O–H groups in total. The zero-order chi connectivity index (χ0) is 10.1. The van der Waals surface area contributed by atoms with Crippen molar-refractivity contribution in [2.24, 2.45) is 5.41 Å². The average molecular weight is 176 g/mol. The zero-order valence-corrected chi connectivity index (χ0v) is 8.55. The van der Waals surface area contributed by atoms with E-state index in [2.05, 4.69) is 13.5 Å². The van der Waals surface area contributed by atoms with Crippen LogP contribution in [0.2, 0.25) is 0 Å². The summed E-state index contributed by atoms with van der Waals surface area (Å²) >= 11 is 0. The monoisotopic (exact) mass is 176 g/mol. The molecule has 0 bridgehead atoms. The maximum absolute atomic E-state index is 11.2. The molecule has 0 aromatic carbocycles. The summed E-state index contributed by atoms with van der Waals surface area (Å²) in [4.78, 5) is 11.2. The fourth-order valence-electron chi connectivity index (χ4n) is 1.77. The largest absolute Gasteiger partial charge is 0.290 e. The topological polar surface area (TPSA) is 17.1 Å². The highest BCUT2D eigenvalue weighted by atomic mass is 16.1. The Morgan fingerprint density at radius 1 is 1.62 bits per heavy atom. The van der Waals surface area contributed by atoms with E-state index in [1.165, 1.54) is 0 Å². The first kappa shape index (κ1) is 9.97. The first-order valence-corrected chi connectivity index (χ1v) is 4.50. The first-order valence-electron chi connectivity index (χ1n) is 4.50. The summed E-state index contributed by atoms with van der Waals surface area (Å²) in [5.41, 5.74) is 1.97. The van der Waals surface area contributed by atoms with Gasteiger partial charge in [-0.1, -0.05) is 24.6 Å². The van der Waals surface area contributed by atoms with Gasteiger partial charge in [0.25, 0.3) is 0 Å². The minimum atomic E-state index is -0.0101. The molecule has 1 unspecified atom stereocenters. The van der Waals surface area contributed by atoms with Gasteiger partial charge in [0.1, 0.15) is 0 Å². The molecule has 0 saturated heterocycles. The summed E-state index contributed by atoms with van der Waals surface area (Å²) in [6.07, 6.45) is 6.58. The van der Waals surface area contributed by atoms with Crippen LogP contribution in [-0.4, -0.2) is 5.78 Å². The fraction of sp³-hybridized carbons (Fsp3) is 0.417. The number of hydrogen-bond donors (Lipinski definition) is 0. The summed E-state index contributed by atoms with van der Waals surface area (Å²) < 4.78 is 0. The van der Waals surface area contributed by atoms with Crippen LogP contribution in [0.4, 0.5) is 0 Å². The van der Waals surface area contributed by atoms with Crippen molar-refractivity contribution in [2.45, 2.75) is 27.2 Å². The van der Waals surface area contributed by atoms with Crippen LogP contribution in [0.1, 0.15) is 27.2 Å². The Balaban J connectivity index is 2.88. The average Bonchev–Trinajstić information content (AvgIpc) is 1.96. The minimum absolute atomic E-state index is 0.0101. The molecular weight excluding hydrogens is 160 g/mol. The van der Waals surface area contributed by atoms with E-state index in [4.69, 9.17) is 0 Å². The second kappa shape index (κ2) is 3.33. The van der Waals surface area contributed by atoms with Crippen LogP contribution in [0.5, 0.6) is 0 Å². The summed E-state index contributed by atoms with van der Waals surface area (Å²) in [5.74, 6) is 0.124. The van der Waals surface area contributed by atoms with Crippen molar-refractivity contribution in [2.75, 3.05) is 0 Å². The van der Waals surface area contributed by atoms with Crippen molar-refractivity contribution in [1.82, 2.24) is 0 Å². The molecule has 0 amide bonds. The lowest BCUT2D eigenvalue weighted by Crippen LogP contribution is -2.16. The number of rotatable bonds is 2. The predicted octanol–water partition coefficient (Wildman–Crippen LogP) is 3.04. The summed E-state index contributed by atoms with van der Waals surface area (Å²) in [6.45, 7) is 9.89. The molecule has 70 valence electrons. The Kier molecular flexibility index (Phi) is 2.55. The Hall–Kier alpha value is -1.11. The second-order valence-corrected chi connectivity index (χ2v) is 4.16. The Labute approximate surface area is 79.8 Å². The summed E-state index contributed by atoms with van der Waals surface area (Å²) in [7, 11) is 0. The molecule has 13 heavy (non-hydrogen) atoms. The lowest BCUT2D eigenvalue weighted by Gasteiger charge is -2.25. The Bertz CT molecular complexity index is 307. The van der Waals surface area contributed by atoms with Gasteiger partial charge in [-0.15, -0.1) is 6.58 Å². The van der Waals surface area contributed by atoms with E-state index in [0.717, 1.165) is 17.6 Å². The Morgan fingerprint density at radius 2 is 2.23 bits per heavy atom. The normalized spacial score (nSPS) is 27.3. The van der Waals surface area contributed by atoms with E-state index in [0.29, 0.717) is 0 Å². The van der Waals surface area contributed by atoms with Gasteiger partial charge >= 0.3 is 0 Å². The molecule has 1 aliphatic carbocycles. The fourth-order valence-corrected chi connectivity index (χ4v) is 1.77. The molecule has 0 fully saturated rings. The van der Waals surface area contributed by atoms with E-state index in [1.807, 2.05) is 26.0 Å². The molecule has 0 radical (unpaired) electrons. The third-order valence-electron chi connectivity index (χ3n) is 2.23. The van der Waals surface area contributed by atoms with Crippen LogP contribution in [-0.2, 0) is 4.79 Å². The standard InChI is InChI=1S/C12H16O/c1-9(2)7-12(4)6-5-11(13)10(3)8-12/h5-6,8H,1,7H2,2-4H3. The summed E-state index contributed by atoms with van der Waals surface area (Å²) in [6, 6.07) is 0. The molecule has 0 spiro atoms. The quantitative estimate of drug-likeness (QED) is 0.591. The molecule has 1 heteroatoms. The van der Waals surface area contributed by atoms with Gasteiger partial charge in [-0.3, -0.25) is 4.79 Å². The van der Waals surface area contributed by atoms with Crippen molar-refractivity contribution < 1.29 is 4.79 Å². The SMILES string of the molecule is C=C(C)CC1(C)C=CC(=O)C(C)=C1. The van der Waals surface area contributed by atoms with Crippen molar-refractivity contribution >= 4 is 5.78 Å². The van der Waals surface area contributed by atoms with E-state index < -0.39 is 0 Å². The maximum Gasteiger partial charge on any atom is 0.180 e. The highest BCUT2D eigenvalue weighted by Gasteiger charge is 2.23. The van der Waals surface area contributed by atoms with Gasteiger partial charge in [-0.05, 0) is 31.9 Å². The van der Waals surface area contributed by atoms with Crippen LogP contribution < -0.4 is 0 Å². The molecule has 0 aromatic rings. The van der Waals surface area contributed by atoms with Gasteiger partial charge in [0.05, 0.1) is 0 Å². The van der Waals surface area contributed by atoms with E-state index in [9.17, 15) is 4.79 Å². The molecule has 1 rings (SSSR count). The van der Waals surface area contributed by atoms with Gasteiger partial charge in [-0.2, -0.15) is 0 Å². The lowest BCUT2D eigenvalue weighted by molar-refractivity contribution is -0.111. The molecule has 0 aliphatic heterocycles.